The molecule has 2 amide bonds. The maximum atomic E-state index is 12.4. The third-order valence-electron chi connectivity index (χ3n) is 4.84. The van der Waals surface area contributed by atoms with Crippen molar-refractivity contribution in [1.29, 1.82) is 0 Å². The largest absolute Gasteiger partial charge is 0.375 e. The molecule has 1 saturated carbocycles. The van der Waals surface area contributed by atoms with Gasteiger partial charge in [0, 0.05) is 33.3 Å². The van der Waals surface area contributed by atoms with E-state index in [2.05, 4.69) is 0 Å². The van der Waals surface area contributed by atoms with Gasteiger partial charge in [-0.1, -0.05) is 32.1 Å². The molecule has 1 saturated heterocycles. The highest BCUT2D eigenvalue weighted by molar-refractivity contribution is 5.82. The molecule has 0 aromatic carbocycles. The first kappa shape index (κ1) is 17.2. The summed E-state index contributed by atoms with van der Waals surface area (Å²) in [4.78, 5) is 27.8. The van der Waals surface area contributed by atoms with Gasteiger partial charge in [-0.2, -0.15) is 0 Å². The van der Waals surface area contributed by atoms with Crippen LogP contribution in [0.5, 0.6) is 0 Å². The second kappa shape index (κ2) is 8.48. The summed E-state index contributed by atoms with van der Waals surface area (Å²) in [5.74, 6) is 0.641. The third-order valence-corrected chi connectivity index (χ3v) is 4.84. The summed E-state index contributed by atoms with van der Waals surface area (Å²) in [6.07, 6.45) is 7.08. The van der Waals surface area contributed by atoms with Crippen molar-refractivity contribution >= 4 is 11.8 Å². The highest BCUT2D eigenvalue weighted by Gasteiger charge is 2.28. The van der Waals surface area contributed by atoms with Crippen molar-refractivity contribution < 1.29 is 14.3 Å². The molecule has 22 heavy (non-hydrogen) atoms. The summed E-state index contributed by atoms with van der Waals surface area (Å²) in [5, 5.41) is 0. The maximum absolute atomic E-state index is 12.4. The molecule has 126 valence electrons. The van der Waals surface area contributed by atoms with Crippen LogP contribution in [-0.4, -0.2) is 67.6 Å². The van der Waals surface area contributed by atoms with E-state index in [0.29, 0.717) is 32.1 Å². The zero-order chi connectivity index (χ0) is 15.9. The van der Waals surface area contributed by atoms with Crippen molar-refractivity contribution in [2.45, 2.75) is 44.6 Å². The molecule has 2 N–H and O–H groups in total. The Morgan fingerprint density at radius 2 is 1.68 bits per heavy atom. The Kier molecular flexibility index (Phi) is 6.64. The molecule has 0 radical (unpaired) electrons. The molecule has 0 spiro atoms. The van der Waals surface area contributed by atoms with E-state index in [4.69, 9.17) is 10.5 Å². The molecule has 1 heterocycles. The summed E-state index contributed by atoms with van der Waals surface area (Å²) in [5.41, 5.74) is 6.13. The minimum absolute atomic E-state index is 0.0129. The van der Waals surface area contributed by atoms with Crippen LogP contribution in [0.3, 0.4) is 0 Å². The Bertz CT molecular complexity index is 375. The number of amides is 2. The predicted octanol–water partition coefficient (Wildman–Crippen LogP) is 0.601. The standard InChI is InChI=1S/C16H29N3O3/c1-22-12-15(20)18-7-9-19(10-8-18)16(21)14(17)11-13-5-3-2-4-6-13/h13-14H,2-12,17H2,1H3. The first-order valence-electron chi connectivity index (χ1n) is 8.43. The lowest BCUT2D eigenvalue weighted by molar-refractivity contribution is -0.142. The van der Waals surface area contributed by atoms with Crippen molar-refractivity contribution in [2.75, 3.05) is 39.9 Å². The van der Waals surface area contributed by atoms with Crippen LogP contribution in [0.25, 0.3) is 0 Å². The van der Waals surface area contributed by atoms with Crippen molar-refractivity contribution in [2.24, 2.45) is 11.7 Å². The van der Waals surface area contributed by atoms with Crippen LogP contribution < -0.4 is 5.73 Å². The van der Waals surface area contributed by atoms with E-state index in [1.807, 2.05) is 4.90 Å². The van der Waals surface area contributed by atoms with Gasteiger partial charge in [-0.3, -0.25) is 9.59 Å². The van der Waals surface area contributed by atoms with E-state index >= 15 is 0 Å². The van der Waals surface area contributed by atoms with Gasteiger partial charge in [0.15, 0.2) is 0 Å². The normalized spacial score (nSPS) is 21.7. The van der Waals surface area contributed by atoms with Crippen LogP contribution in [0.2, 0.25) is 0 Å². The van der Waals surface area contributed by atoms with Crippen LogP contribution in [0, 0.1) is 5.92 Å². The Balaban J connectivity index is 1.75. The molecule has 0 aromatic rings. The fraction of sp³-hybridized carbons (Fsp3) is 0.875. The highest BCUT2D eigenvalue weighted by atomic mass is 16.5. The lowest BCUT2D eigenvalue weighted by Crippen LogP contribution is -2.55. The minimum Gasteiger partial charge on any atom is -0.375 e. The SMILES string of the molecule is COCC(=O)N1CCN(C(=O)C(N)CC2CCCCC2)CC1. The number of nitrogens with two attached hydrogens (primary N) is 1. The molecule has 1 unspecified atom stereocenters. The number of rotatable bonds is 5. The summed E-state index contributed by atoms with van der Waals surface area (Å²) in [6.45, 7) is 2.41. The van der Waals surface area contributed by atoms with E-state index in [-0.39, 0.29) is 24.5 Å². The molecular weight excluding hydrogens is 282 g/mol. The number of hydrogen-bond acceptors (Lipinski definition) is 4. The quantitative estimate of drug-likeness (QED) is 0.807. The van der Waals surface area contributed by atoms with Gasteiger partial charge in [0.1, 0.15) is 6.61 Å². The van der Waals surface area contributed by atoms with Crippen LogP contribution in [0.15, 0.2) is 0 Å². The Hall–Kier alpha value is -1.14. The molecule has 6 heteroatoms. The number of carbonyl (C=O) groups is 2. The van der Waals surface area contributed by atoms with Crippen molar-refractivity contribution in [1.82, 2.24) is 9.80 Å². The predicted molar refractivity (Wildman–Crippen MR) is 84.2 cm³/mol. The fourth-order valence-corrected chi connectivity index (χ4v) is 3.51. The summed E-state index contributed by atoms with van der Waals surface area (Å²) in [6, 6.07) is -0.385. The van der Waals surface area contributed by atoms with Gasteiger partial charge in [0.2, 0.25) is 11.8 Å². The van der Waals surface area contributed by atoms with E-state index in [9.17, 15) is 9.59 Å². The average Bonchev–Trinajstić information content (AvgIpc) is 2.55. The Labute approximate surface area is 132 Å². The molecule has 0 aromatic heterocycles. The molecule has 1 atom stereocenters. The lowest BCUT2D eigenvalue weighted by atomic mass is 9.84. The topological polar surface area (TPSA) is 75.9 Å². The van der Waals surface area contributed by atoms with Crippen LogP contribution in [0.4, 0.5) is 0 Å². The van der Waals surface area contributed by atoms with Crippen LogP contribution in [-0.2, 0) is 14.3 Å². The van der Waals surface area contributed by atoms with Crippen molar-refractivity contribution in [3.63, 3.8) is 0 Å². The Morgan fingerprint density at radius 3 is 2.27 bits per heavy atom. The van der Waals surface area contributed by atoms with Crippen molar-refractivity contribution in [3.8, 4) is 0 Å². The van der Waals surface area contributed by atoms with Gasteiger partial charge >= 0.3 is 0 Å². The van der Waals surface area contributed by atoms with Crippen molar-refractivity contribution in [3.05, 3.63) is 0 Å². The fourth-order valence-electron chi connectivity index (χ4n) is 3.51. The van der Waals surface area contributed by atoms with Gasteiger partial charge in [-0.05, 0) is 12.3 Å². The first-order chi connectivity index (χ1) is 10.6. The van der Waals surface area contributed by atoms with Gasteiger partial charge in [0.05, 0.1) is 6.04 Å². The maximum Gasteiger partial charge on any atom is 0.248 e. The number of hydrogen-bond donors (Lipinski definition) is 1. The lowest BCUT2D eigenvalue weighted by Gasteiger charge is -2.36. The summed E-state index contributed by atoms with van der Waals surface area (Å²) >= 11 is 0. The van der Waals surface area contributed by atoms with Gasteiger partial charge in [-0.15, -0.1) is 0 Å². The second-order valence-corrected chi connectivity index (χ2v) is 6.49. The smallest absolute Gasteiger partial charge is 0.248 e. The number of ether oxygens (including phenoxy) is 1. The molecule has 2 rings (SSSR count). The number of carbonyl (C=O) groups excluding carboxylic acids is 2. The van der Waals surface area contributed by atoms with Gasteiger partial charge < -0.3 is 20.3 Å². The number of nitrogens with zero attached hydrogens (tertiary/aromatic N) is 2. The van der Waals surface area contributed by atoms with Gasteiger partial charge in [-0.25, -0.2) is 0 Å². The average molecular weight is 311 g/mol. The first-order valence-corrected chi connectivity index (χ1v) is 8.43. The Morgan fingerprint density at radius 1 is 1.09 bits per heavy atom. The highest BCUT2D eigenvalue weighted by Crippen LogP contribution is 2.27. The molecule has 0 bridgehead atoms. The second-order valence-electron chi connectivity index (χ2n) is 6.49. The molecule has 2 fully saturated rings. The van der Waals surface area contributed by atoms with Gasteiger partial charge in [0.25, 0.3) is 0 Å². The molecular formula is C16H29N3O3. The zero-order valence-electron chi connectivity index (χ0n) is 13.6. The van der Waals surface area contributed by atoms with E-state index in [0.717, 1.165) is 6.42 Å². The van der Waals surface area contributed by atoms with E-state index < -0.39 is 0 Å². The zero-order valence-corrected chi connectivity index (χ0v) is 13.6. The van der Waals surface area contributed by atoms with E-state index in [1.54, 1.807) is 4.90 Å². The minimum atomic E-state index is -0.385. The van der Waals surface area contributed by atoms with Crippen LogP contribution in [0.1, 0.15) is 38.5 Å². The molecule has 1 aliphatic heterocycles. The monoisotopic (exact) mass is 311 g/mol. The van der Waals surface area contributed by atoms with E-state index in [1.165, 1.54) is 39.2 Å². The summed E-state index contributed by atoms with van der Waals surface area (Å²) in [7, 11) is 1.52. The molecule has 2 aliphatic rings. The third kappa shape index (κ3) is 4.68. The number of piperazine rings is 1. The molecule has 6 nitrogen and oxygen atoms in total. The number of methoxy groups -OCH3 is 1. The molecule has 1 aliphatic carbocycles. The van der Waals surface area contributed by atoms with Crippen LogP contribution >= 0.6 is 0 Å². The summed E-state index contributed by atoms with van der Waals surface area (Å²) < 4.78 is 4.86.